The van der Waals surface area contributed by atoms with Gasteiger partial charge in [0.1, 0.15) is 0 Å². The Labute approximate surface area is 119 Å². The molecule has 0 aliphatic heterocycles. The number of H-pyrrole nitrogens is 1. The van der Waals surface area contributed by atoms with Crippen LogP contribution in [0.1, 0.15) is 10.4 Å². The Bertz CT molecular complexity index is 737. The number of pyridine rings is 1. The molecule has 0 aliphatic carbocycles. The normalized spacial score (nSPS) is 11.9. The number of ether oxygens (including phenoxy) is 1. The van der Waals surface area contributed by atoms with E-state index in [0.717, 1.165) is 7.11 Å². The highest BCUT2D eigenvalue weighted by molar-refractivity contribution is 6.06. The van der Waals surface area contributed by atoms with Crippen LogP contribution in [-0.4, -0.2) is 41.7 Å². The Morgan fingerprint density at radius 1 is 1.38 bits per heavy atom. The van der Waals surface area contributed by atoms with Crippen molar-refractivity contribution in [3.05, 3.63) is 46.2 Å². The molecule has 2 rings (SSSR count). The lowest BCUT2D eigenvalue weighted by atomic mass is 10.1. The topological polar surface area (TPSA) is 108 Å². The first kappa shape index (κ1) is 14.7. The molecule has 1 aromatic carbocycles. The zero-order valence-electron chi connectivity index (χ0n) is 11.3. The fraction of sp³-hybridized carbons (Fsp3) is 0.214. The molecular weight excluding hydrogens is 276 g/mol. The minimum atomic E-state index is -1.45. The smallest absolute Gasteiger partial charge is 0.336 e. The maximum absolute atomic E-state index is 12.1. The van der Waals surface area contributed by atoms with Crippen LogP contribution < -0.4 is 10.9 Å². The monoisotopic (exact) mass is 290 g/mol. The minimum Gasteiger partial charge on any atom is -0.467 e. The Balaban J connectivity index is 2.24. The third kappa shape index (κ3) is 3.26. The second-order valence-electron chi connectivity index (χ2n) is 4.34. The van der Waals surface area contributed by atoms with E-state index in [1.807, 2.05) is 0 Å². The van der Waals surface area contributed by atoms with Gasteiger partial charge in [-0.05, 0) is 6.07 Å². The van der Waals surface area contributed by atoms with Gasteiger partial charge in [-0.2, -0.15) is 0 Å². The molecular formula is C14H14N2O5. The van der Waals surface area contributed by atoms with E-state index in [1.54, 1.807) is 24.3 Å². The zero-order chi connectivity index (χ0) is 15.4. The Kier molecular flexibility index (Phi) is 4.34. The number of para-hydroxylation sites is 1. The summed E-state index contributed by atoms with van der Waals surface area (Å²) in [6.45, 7) is -0.299. The number of esters is 1. The van der Waals surface area contributed by atoms with Crippen LogP contribution in [0.25, 0.3) is 10.9 Å². The summed E-state index contributed by atoms with van der Waals surface area (Å²) < 4.78 is 4.34. The van der Waals surface area contributed by atoms with Crippen molar-refractivity contribution in [2.24, 2.45) is 0 Å². The lowest BCUT2D eigenvalue weighted by molar-refractivity contribution is -0.149. The number of nitrogens with one attached hydrogen (secondary N) is 2. The number of aromatic amines is 1. The molecule has 1 unspecified atom stereocenters. The lowest BCUT2D eigenvalue weighted by Crippen LogP contribution is -2.37. The molecule has 0 spiro atoms. The van der Waals surface area contributed by atoms with Crippen LogP contribution in [0, 0.1) is 0 Å². The van der Waals surface area contributed by atoms with E-state index in [9.17, 15) is 19.5 Å². The third-order valence-electron chi connectivity index (χ3n) is 2.92. The number of benzene rings is 1. The second kappa shape index (κ2) is 6.19. The average molecular weight is 290 g/mol. The summed E-state index contributed by atoms with van der Waals surface area (Å²) in [7, 11) is 1.14. The van der Waals surface area contributed by atoms with E-state index < -0.39 is 23.5 Å². The molecule has 0 saturated carbocycles. The second-order valence-corrected chi connectivity index (χ2v) is 4.34. The maximum atomic E-state index is 12.1. The fourth-order valence-electron chi connectivity index (χ4n) is 1.90. The van der Waals surface area contributed by atoms with Gasteiger partial charge in [0.05, 0.1) is 19.2 Å². The maximum Gasteiger partial charge on any atom is 0.336 e. The van der Waals surface area contributed by atoms with E-state index in [0.29, 0.717) is 10.9 Å². The van der Waals surface area contributed by atoms with Crippen molar-refractivity contribution in [2.45, 2.75) is 6.10 Å². The molecule has 21 heavy (non-hydrogen) atoms. The van der Waals surface area contributed by atoms with Crippen LogP contribution in [0.5, 0.6) is 0 Å². The van der Waals surface area contributed by atoms with Crippen molar-refractivity contribution in [1.29, 1.82) is 0 Å². The minimum absolute atomic E-state index is 0.173. The van der Waals surface area contributed by atoms with Gasteiger partial charge in [0.15, 0.2) is 6.10 Å². The van der Waals surface area contributed by atoms with Crippen molar-refractivity contribution >= 4 is 22.8 Å². The molecule has 0 fully saturated rings. The van der Waals surface area contributed by atoms with E-state index in [-0.39, 0.29) is 12.1 Å². The summed E-state index contributed by atoms with van der Waals surface area (Å²) in [5.74, 6) is -1.40. The molecule has 110 valence electrons. The summed E-state index contributed by atoms with van der Waals surface area (Å²) in [5.41, 5.74) is 0.294. The van der Waals surface area contributed by atoms with E-state index in [1.165, 1.54) is 6.07 Å². The van der Waals surface area contributed by atoms with Gasteiger partial charge >= 0.3 is 5.97 Å². The fourth-order valence-corrected chi connectivity index (χ4v) is 1.90. The molecule has 0 bridgehead atoms. The average Bonchev–Trinajstić information content (AvgIpc) is 2.50. The number of amides is 1. The lowest BCUT2D eigenvalue weighted by Gasteiger charge is -2.10. The summed E-state index contributed by atoms with van der Waals surface area (Å²) in [5, 5.41) is 12.4. The van der Waals surface area contributed by atoms with Crippen molar-refractivity contribution in [1.82, 2.24) is 10.3 Å². The quantitative estimate of drug-likeness (QED) is 0.675. The number of carbonyl (C=O) groups is 2. The van der Waals surface area contributed by atoms with Crippen LogP contribution in [0.3, 0.4) is 0 Å². The highest BCUT2D eigenvalue weighted by Gasteiger charge is 2.18. The van der Waals surface area contributed by atoms with E-state index in [2.05, 4.69) is 15.0 Å². The van der Waals surface area contributed by atoms with Gasteiger partial charge in [-0.3, -0.25) is 9.59 Å². The van der Waals surface area contributed by atoms with Crippen molar-refractivity contribution in [3.63, 3.8) is 0 Å². The Hall–Kier alpha value is -2.67. The number of methoxy groups -OCH3 is 1. The standard InChI is InChI=1S/C14H14N2O5/c1-21-14(20)11(17)7-15-13(19)9-6-12(18)16-10-5-3-2-4-8(9)10/h2-6,11,17H,7H2,1H3,(H,15,19)(H,16,18). The van der Waals surface area contributed by atoms with Crippen LogP contribution >= 0.6 is 0 Å². The number of aliphatic hydroxyl groups is 1. The molecule has 1 atom stereocenters. The molecule has 1 aromatic heterocycles. The van der Waals surface area contributed by atoms with Gasteiger partial charge in [-0.15, -0.1) is 0 Å². The molecule has 1 heterocycles. The van der Waals surface area contributed by atoms with Gasteiger partial charge in [-0.25, -0.2) is 4.79 Å². The first-order valence-electron chi connectivity index (χ1n) is 6.19. The molecule has 0 radical (unpaired) electrons. The number of hydrogen-bond donors (Lipinski definition) is 3. The molecule has 0 aliphatic rings. The Morgan fingerprint density at radius 2 is 2.10 bits per heavy atom. The summed E-state index contributed by atoms with van der Waals surface area (Å²) in [4.78, 5) is 37.3. The number of aliphatic hydroxyl groups excluding tert-OH is 1. The van der Waals surface area contributed by atoms with Gasteiger partial charge < -0.3 is 20.1 Å². The number of rotatable bonds is 4. The van der Waals surface area contributed by atoms with E-state index >= 15 is 0 Å². The third-order valence-corrected chi connectivity index (χ3v) is 2.92. The van der Waals surface area contributed by atoms with Crippen LogP contribution in [0.2, 0.25) is 0 Å². The van der Waals surface area contributed by atoms with Crippen LogP contribution in [0.4, 0.5) is 0 Å². The SMILES string of the molecule is COC(=O)C(O)CNC(=O)c1cc(=O)[nH]c2ccccc12. The summed E-state index contributed by atoms with van der Waals surface area (Å²) in [6, 6.07) is 8.01. The number of aromatic nitrogens is 1. The van der Waals surface area contributed by atoms with Crippen molar-refractivity contribution < 1.29 is 19.4 Å². The van der Waals surface area contributed by atoms with Crippen molar-refractivity contribution in [2.75, 3.05) is 13.7 Å². The molecule has 3 N–H and O–H groups in total. The molecule has 7 heteroatoms. The molecule has 1 amide bonds. The van der Waals surface area contributed by atoms with Crippen LogP contribution in [0.15, 0.2) is 35.1 Å². The highest BCUT2D eigenvalue weighted by Crippen LogP contribution is 2.14. The molecule has 2 aromatic rings. The summed E-state index contributed by atoms with van der Waals surface area (Å²) in [6.07, 6.45) is -1.45. The first-order chi connectivity index (χ1) is 10.0. The van der Waals surface area contributed by atoms with Gasteiger partial charge in [-0.1, -0.05) is 18.2 Å². The largest absolute Gasteiger partial charge is 0.467 e. The highest BCUT2D eigenvalue weighted by atomic mass is 16.5. The van der Waals surface area contributed by atoms with Gasteiger partial charge in [0, 0.05) is 17.0 Å². The van der Waals surface area contributed by atoms with Crippen LogP contribution in [-0.2, 0) is 9.53 Å². The predicted molar refractivity (Wildman–Crippen MR) is 74.9 cm³/mol. The van der Waals surface area contributed by atoms with Crippen molar-refractivity contribution in [3.8, 4) is 0 Å². The number of fused-ring (bicyclic) bond motifs is 1. The molecule has 7 nitrogen and oxygen atoms in total. The first-order valence-corrected chi connectivity index (χ1v) is 6.19. The van der Waals surface area contributed by atoms with Gasteiger partial charge in [0.2, 0.25) is 5.56 Å². The number of carbonyl (C=O) groups excluding carboxylic acids is 2. The predicted octanol–water partition coefficient (Wildman–Crippen LogP) is -0.208. The Morgan fingerprint density at radius 3 is 2.81 bits per heavy atom. The summed E-state index contributed by atoms with van der Waals surface area (Å²) >= 11 is 0. The van der Waals surface area contributed by atoms with Gasteiger partial charge in [0.25, 0.3) is 5.91 Å². The number of hydrogen-bond acceptors (Lipinski definition) is 5. The van der Waals surface area contributed by atoms with E-state index in [4.69, 9.17) is 0 Å². The zero-order valence-corrected chi connectivity index (χ0v) is 11.3. The molecule has 0 saturated heterocycles.